The topological polar surface area (TPSA) is 110 Å². The first-order valence-corrected chi connectivity index (χ1v) is 8.39. The van der Waals surface area contributed by atoms with E-state index in [1.165, 1.54) is 4.68 Å². The van der Waals surface area contributed by atoms with E-state index in [1.54, 1.807) is 10.8 Å². The largest absolute Gasteiger partial charge is 0.346 e. The van der Waals surface area contributed by atoms with Crippen LogP contribution in [0.4, 0.5) is 5.69 Å². The van der Waals surface area contributed by atoms with Crippen molar-refractivity contribution in [3.63, 3.8) is 0 Å². The molecular formula is C16H19N7O2. The van der Waals surface area contributed by atoms with E-state index < -0.39 is 0 Å². The van der Waals surface area contributed by atoms with Crippen molar-refractivity contribution in [3.05, 3.63) is 34.3 Å². The van der Waals surface area contributed by atoms with Gasteiger partial charge in [0.2, 0.25) is 5.91 Å². The molecule has 0 saturated heterocycles. The Labute approximate surface area is 143 Å². The fourth-order valence-corrected chi connectivity index (χ4v) is 3.15. The minimum atomic E-state index is -0.308. The van der Waals surface area contributed by atoms with Crippen LogP contribution in [-0.4, -0.2) is 35.4 Å². The highest BCUT2D eigenvalue weighted by molar-refractivity contribution is 5.92. The van der Waals surface area contributed by atoms with Gasteiger partial charge in [0.1, 0.15) is 12.4 Å². The average molecular weight is 341 g/mol. The van der Waals surface area contributed by atoms with Crippen molar-refractivity contribution < 1.29 is 4.79 Å². The summed E-state index contributed by atoms with van der Waals surface area (Å²) in [6.07, 6.45) is 5.43. The van der Waals surface area contributed by atoms with Gasteiger partial charge in [-0.05, 0) is 25.8 Å². The average Bonchev–Trinajstić information content (AvgIpc) is 2.99. The standard InChI is InChI=1S/C16H19N7O2/c1-10-12-7-11(8-17-15(12)20-19-10)18-14(24)9-23-16(25)22-6-4-2-3-5-13(22)21-23/h7-8H,2-6,9H2,1H3,(H,18,24)(H,17,19,20). The van der Waals surface area contributed by atoms with Crippen LogP contribution in [0.25, 0.3) is 11.0 Å². The van der Waals surface area contributed by atoms with Gasteiger partial charge in [-0.1, -0.05) is 6.42 Å². The van der Waals surface area contributed by atoms with Crippen LogP contribution in [-0.2, 0) is 24.3 Å². The number of nitrogens with zero attached hydrogens (tertiary/aromatic N) is 5. The van der Waals surface area contributed by atoms with E-state index in [0.29, 0.717) is 17.9 Å². The van der Waals surface area contributed by atoms with E-state index in [4.69, 9.17) is 0 Å². The number of nitrogens with one attached hydrogen (secondary N) is 2. The number of aryl methyl sites for hydroxylation is 2. The summed E-state index contributed by atoms with van der Waals surface area (Å²) in [4.78, 5) is 28.9. The molecule has 0 fully saturated rings. The molecule has 0 atom stereocenters. The normalized spacial score (nSPS) is 14.3. The van der Waals surface area contributed by atoms with Crippen molar-refractivity contribution in [2.75, 3.05) is 5.32 Å². The number of carbonyl (C=O) groups is 1. The van der Waals surface area contributed by atoms with E-state index in [1.807, 2.05) is 13.0 Å². The molecule has 1 aliphatic heterocycles. The van der Waals surface area contributed by atoms with Crippen molar-refractivity contribution >= 4 is 22.6 Å². The predicted octanol–water partition coefficient (Wildman–Crippen LogP) is 0.990. The molecule has 9 nitrogen and oxygen atoms in total. The highest BCUT2D eigenvalue weighted by Gasteiger charge is 2.17. The molecule has 0 radical (unpaired) electrons. The third kappa shape index (κ3) is 2.92. The number of pyridine rings is 1. The zero-order chi connectivity index (χ0) is 17.4. The zero-order valence-corrected chi connectivity index (χ0v) is 13.9. The number of hydrogen-bond acceptors (Lipinski definition) is 5. The summed E-state index contributed by atoms with van der Waals surface area (Å²) in [5, 5.41) is 14.9. The second kappa shape index (κ2) is 6.15. The van der Waals surface area contributed by atoms with Crippen LogP contribution in [0.3, 0.4) is 0 Å². The number of amides is 1. The maximum atomic E-state index is 12.4. The third-order valence-corrected chi connectivity index (χ3v) is 4.46. The van der Waals surface area contributed by atoms with Crippen molar-refractivity contribution in [2.24, 2.45) is 0 Å². The van der Waals surface area contributed by atoms with E-state index in [0.717, 1.165) is 42.6 Å². The minimum absolute atomic E-state index is 0.110. The first-order valence-electron chi connectivity index (χ1n) is 8.39. The van der Waals surface area contributed by atoms with Crippen LogP contribution < -0.4 is 11.0 Å². The van der Waals surface area contributed by atoms with Gasteiger partial charge in [-0.25, -0.2) is 14.5 Å². The molecule has 2 N–H and O–H groups in total. The molecule has 0 unspecified atom stereocenters. The summed E-state index contributed by atoms with van der Waals surface area (Å²) in [5.41, 5.74) is 1.83. The number of aromatic amines is 1. The molecule has 0 spiro atoms. The summed E-state index contributed by atoms with van der Waals surface area (Å²) in [6.45, 7) is 2.46. The highest BCUT2D eigenvalue weighted by atomic mass is 16.2. The van der Waals surface area contributed by atoms with Crippen LogP contribution in [0.15, 0.2) is 17.1 Å². The minimum Gasteiger partial charge on any atom is -0.323 e. The second-order valence-corrected chi connectivity index (χ2v) is 6.31. The Kier molecular flexibility index (Phi) is 3.83. The third-order valence-electron chi connectivity index (χ3n) is 4.46. The Morgan fingerprint density at radius 2 is 2.24 bits per heavy atom. The molecule has 9 heteroatoms. The van der Waals surface area contributed by atoms with Gasteiger partial charge in [0.05, 0.1) is 11.9 Å². The first kappa shape index (κ1) is 15.6. The number of hydrogen-bond donors (Lipinski definition) is 2. The van der Waals surface area contributed by atoms with Gasteiger partial charge in [-0.2, -0.15) is 10.2 Å². The number of carbonyl (C=O) groups excluding carboxylic acids is 1. The van der Waals surface area contributed by atoms with Gasteiger partial charge < -0.3 is 5.32 Å². The molecule has 0 saturated carbocycles. The number of aromatic nitrogens is 6. The molecule has 0 aromatic carbocycles. The van der Waals surface area contributed by atoms with E-state index >= 15 is 0 Å². The van der Waals surface area contributed by atoms with Crippen LogP contribution in [0.2, 0.25) is 0 Å². The SMILES string of the molecule is Cc1[nH]nc2ncc(NC(=O)Cn3nc4n(c3=O)CCCCC4)cc12. The Morgan fingerprint density at radius 3 is 3.12 bits per heavy atom. The van der Waals surface area contributed by atoms with E-state index in [2.05, 4.69) is 25.6 Å². The smallest absolute Gasteiger partial charge is 0.323 e. The zero-order valence-electron chi connectivity index (χ0n) is 13.9. The Morgan fingerprint density at radius 1 is 1.36 bits per heavy atom. The second-order valence-electron chi connectivity index (χ2n) is 6.31. The fourth-order valence-electron chi connectivity index (χ4n) is 3.15. The summed E-state index contributed by atoms with van der Waals surface area (Å²) in [7, 11) is 0. The summed E-state index contributed by atoms with van der Waals surface area (Å²) in [6, 6.07) is 1.81. The van der Waals surface area contributed by atoms with Gasteiger partial charge in [0, 0.05) is 24.0 Å². The molecule has 3 aromatic rings. The molecule has 3 aromatic heterocycles. The molecule has 25 heavy (non-hydrogen) atoms. The lowest BCUT2D eigenvalue weighted by molar-refractivity contribution is -0.117. The summed E-state index contributed by atoms with van der Waals surface area (Å²) >= 11 is 0. The maximum Gasteiger partial charge on any atom is 0.346 e. The lowest BCUT2D eigenvalue weighted by Crippen LogP contribution is -2.30. The fraction of sp³-hybridized carbons (Fsp3) is 0.438. The lowest BCUT2D eigenvalue weighted by Gasteiger charge is -2.04. The predicted molar refractivity (Wildman–Crippen MR) is 91.3 cm³/mol. The Hall–Kier alpha value is -2.97. The van der Waals surface area contributed by atoms with Crippen LogP contribution in [0.5, 0.6) is 0 Å². The summed E-state index contributed by atoms with van der Waals surface area (Å²) < 4.78 is 2.92. The van der Waals surface area contributed by atoms with Crippen molar-refractivity contribution in [3.8, 4) is 0 Å². The van der Waals surface area contributed by atoms with E-state index in [9.17, 15) is 9.59 Å². The van der Waals surface area contributed by atoms with Gasteiger partial charge >= 0.3 is 5.69 Å². The monoisotopic (exact) mass is 341 g/mol. The van der Waals surface area contributed by atoms with Gasteiger partial charge in [0.25, 0.3) is 0 Å². The molecule has 0 aliphatic carbocycles. The Bertz CT molecular complexity index is 998. The Balaban J connectivity index is 1.52. The lowest BCUT2D eigenvalue weighted by atomic mass is 10.2. The number of rotatable bonds is 3. The quantitative estimate of drug-likeness (QED) is 0.738. The number of fused-ring (bicyclic) bond motifs is 2. The molecule has 1 amide bonds. The van der Waals surface area contributed by atoms with Gasteiger partial charge in [-0.3, -0.25) is 14.5 Å². The van der Waals surface area contributed by atoms with Crippen LogP contribution >= 0.6 is 0 Å². The van der Waals surface area contributed by atoms with Crippen LogP contribution in [0.1, 0.15) is 30.8 Å². The molecule has 1 aliphatic rings. The van der Waals surface area contributed by atoms with Gasteiger partial charge in [-0.15, -0.1) is 0 Å². The van der Waals surface area contributed by atoms with Crippen molar-refractivity contribution in [1.29, 1.82) is 0 Å². The maximum absolute atomic E-state index is 12.4. The van der Waals surface area contributed by atoms with Gasteiger partial charge in [0.15, 0.2) is 5.65 Å². The molecule has 130 valence electrons. The highest BCUT2D eigenvalue weighted by Crippen LogP contribution is 2.17. The van der Waals surface area contributed by atoms with E-state index in [-0.39, 0.29) is 18.1 Å². The van der Waals surface area contributed by atoms with Crippen LogP contribution in [0, 0.1) is 6.92 Å². The van der Waals surface area contributed by atoms with Crippen molar-refractivity contribution in [1.82, 2.24) is 29.5 Å². The molecule has 4 heterocycles. The number of H-pyrrole nitrogens is 1. The molecule has 0 bridgehead atoms. The van der Waals surface area contributed by atoms with Crippen molar-refractivity contribution in [2.45, 2.75) is 45.7 Å². The molecule has 4 rings (SSSR count). The first-order chi connectivity index (χ1) is 12.1. The molecular weight excluding hydrogens is 322 g/mol. The summed E-state index contributed by atoms with van der Waals surface area (Å²) in [5.74, 6) is 0.463. The number of anilines is 1.